The van der Waals surface area contributed by atoms with E-state index in [2.05, 4.69) is 59.1 Å². The lowest BCUT2D eigenvalue weighted by molar-refractivity contribution is 0.132. The number of rotatable bonds is 6. The Morgan fingerprint density at radius 3 is 2.43 bits per heavy atom. The molecule has 0 aliphatic carbocycles. The Morgan fingerprint density at radius 1 is 1.00 bits per heavy atom. The number of benzene rings is 1. The van der Waals surface area contributed by atoms with Crippen molar-refractivity contribution in [3.63, 3.8) is 0 Å². The summed E-state index contributed by atoms with van der Waals surface area (Å²) in [4.78, 5) is 7.72. The van der Waals surface area contributed by atoms with Gasteiger partial charge < -0.3 is 9.80 Å². The van der Waals surface area contributed by atoms with Gasteiger partial charge in [0.25, 0.3) is 0 Å². The molecule has 23 heavy (non-hydrogen) atoms. The Morgan fingerprint density at radius 2 is 1.74 bits per heavy atom. The van der Waals surface area contributed by atoms with Crippen molar-refractivity contribution in [2.24, 2.45) is 11.8 Å². The molecule has 3 heteroatoms. The fraction of sp³-hybridized carbons (Fsp3) is 0.700. The van der Waals surface area contributed by atoms with E-state index in [1.807, 2.05) is 0 Å². The van der Waals surface area contributed by atoms with Gasteiger partial charge in [0.1, 0.15) is 0 Å². The minimum absolute atomic E-state index is 0.844. The summed E-state index contributed by atoms with van der Waals surface area (Å²) < 4.78 is 0. The standard InChI is InChI=1S/C20H33N3/c1-21-12-10-20(13-21)15-22(2)14-19-9-6-11-23(17-19)16-18-7-4-3-5-8-18/h3-5,7-8,19-20H,6,9-17H2,1-2H3/t19-,20-/m0/s1. The number of hydrogen-bond donors (Lipinski definition) is 0. The molecule has 0 radical (unpaired) electrons. The number of hydrogen-bond acceptors (Lipinski definition) is 3. The SMILES string of the molecule is CN1CC[C@H](CN(C)C[C@@H]2CCCN(Cc3ccccc3)C2)C1. The van der Waals surface area contributed by atoms with Gasteiger partial charge in [0.2, 0.25) is 0 Å². The first-order valence-corrected chi connectivity index (χ1v) is 9.32. The quantitative estimate of drug-likeness (QED) is 0.799. The molecule has 2 heterocycles. The molecule has 0 aromatic heterocycles. The highest BCUT2D eigenvalue weighted by molar-refractivity contribution is 5.14. The third-order valence-corrected chi connectivity index (χ3v) is 5.48. The van der Waals surface area contributed by atoms with Gasteiger partial charge in [-0.3, -0.25) is 4.90 Å². The first kappa shape index (κ1) is 16.9. The molecule has 3 nitrogen and oxygen atoms in total. The Hall–Kier alpha value is -0.900. The maximum atomic E-state index is 2.65. The lowest BCUT2D eigenvalue weighted by atomic mass is 9.96. The highest BCUT2D eigenvalue weighted by atomic mass is 15.2. The summed E-state index contributed by atoms with van der Waals surface area (Å²) in [6.07, 6.45) is 4.14. The van der Waals surface area contributed by atoms with Gasteiger partial charge in [-0.05, 0) is 63.8 Å². The largest absolute Gasteiger partial charge is 0.306 e. The molecule has 0 N–H and O–H groups in total. The average molecular weight is 316 g/mol. The lowest BCUT2D eigenvalue weighted by Crippen LogP contribution is -2.40. The van der Waals surface area contributed by atoms with Crippen LogP contribution in [0, 0.1) is 11.8 Å². The highest BCUT2D eigenvalue weighted by Crippen LogP contribution is 2.21. The molecule has 2 aliphatic rings. The van der Waals surface area contributed by atoms with Gasteiger partial charge in [-0.1, -0.05) is 30.3 Å². The Kier molecular flexibility index (Phi) is 6.09. The number of nitrogens with zero attached hydrogens (tertiary/aromatic N) is 3. The van der Waals surface area contributed by atoms with Crippen LogP contribution >= 0.6 is 0 Å². The first-order valence-electron chi connectivity index (χ1n) is 9.32. The monoisotopic (exact) mass is 315 g/mol. The van der Waals surface area contributed by atoms with Crippen LogP contribution in [0.5, 0.6) is 0 Å². The zero-order chi connectivity index (χ0) is 16.1. The molecule has 128 valence electrons. The van der Waals surface area contributed by atoms with Crippen LogP contribution in [0.15, 0.2) is 30.3 Å². The van der Waals surface area contributed by atoms with Crippen LogP contribution in [0.1, 0.15) is 24.8 Å². The molecule has 0 amide bonds. The molecule has 0 bridgehead atoms. The second-order valence-corrected chi connectivity index (χ2v) is 7.87. The van der Waals surface area contributed by atoms with E-state index in [1.165, 1.54) is 64.1 Å². The van der Waals surface area contributed by atoms with E-state index >= 15 is 0 Å². The van der Waals surface area contributed by atoms with Crippen LogP contribution < -0.4 is 0 Å². The molecule has 0 saturated carbocycles. The predicted octanol–water partition coefficient (Wildman–Crippen LogP) is 2.78. The van der Waals surface area contributed by atoms with E-state index in [0.29, 0.717) is 0 Å². The summed E-state index contributed by atoms with van der Waals surface area (Å²) in [6, 6.07) is 10.9. The molecular weight excluding hydrogens is 282 g/mol. The van der Waals surface area contributed by atoms with Crippen LogP contribution in [0.25, 0.3) is 0 Å². The van der Waals surface area contributed by atoms with Crippen LogP contribution in [0.4, 0.5) is 0 Å². The Bertz CT molecular complexity index is 461. The van der Waals surface area contributed by atoms with Gasteiger partial charge in [-0.2, -0.15) is 0 Å². The van der Waals surface area contributed by atoms with Crippen LogP contribution in [0.3, 0.4) is 0 Å². The van der Waals surface area contributed by atoms with Gasteiger partial charge in [-0.15, -0.1) is 0 Å². The van der Waals surface area contributed by atoms with Gasteiger partial charge in [0, 0.05) is 32.7 Å². The molecule has 3 rings (SSSR count). The normalized spacial score (nSPS) is 26.9. The third kappa shape index (κ3) is 5.30. The van der Waals surface area contributed by atoms with E-state index in [-0.39, 0.29) is 0 Å². The topological polar surface area (TPSA) is 9.72 Å². The summed E-state index contributed by atoms with van der Waals surface area (Å²) in [5.41, 5.74) is 1.45. The Labute approximate surface area is 142 Å². The molecule has 2 saturated heterocycles. The zero-order valence-electron chi connectivity index (χ0n) is 15.0. The molecule has 0 unspecified atom stereocenters. The summed E-state index contributed by atoms with van der Waals surface area (Å²) in [6.45, 7) is 8.77. The minimum Gasteiger partial charge on any atom is -0.306 e. The second kappa shape index (κ2) is 8.27. The summed E-state index contributed by atoms with van der Waals surface area (Å²) in [5.74, 6) is 1.73. The van der Waals surface area contributed by atoms with Crippen LogP contribution in [-0.4, -0.2) is 68.1 Å². The molecule has 0 spiro atoms. The first-order chi connectivity index (χ1) is 11.2. The minimum atomic E-state index is 0.844. The lowest BCUT2D eigenvalue weighted by Gasteiger charge is -2.35. The summed E-state index contributed by atoms with van der Waals surface area (Å²) in [7, 11) is 4.58. The predicted molar refractivity (Wildman–Crippen MR) is 97.5 cm³/mol. The molecule has 1 aromatic rings. The second-order valence-electron chi connectivity index (χ2n) is 7.87. The van der Waals surface area contributed by atoms with E-state index in [0.717, 1.165) is 18.4 Å². The van der Waals surface area contributed by atoms with Crippen molar-refractivity contribution < 1.29 is 0 Å². The fourth-order valence-corrected chi connectivity index (χ4v) is 4.42. The highest BCUT2D eigenvalue weighted by Gasteiger charge is 2.24. The van der Waals surface area contributed by atoms with Crippen molar-refractivity contribution in [2.75, 3.05) is 53.4 Å². The van der Waals surface area contributed by atoms with Crippen molar-refractivity contribution in [1.82, 2.24) is 14.7 Å². The van der Waals surface area contributed by atoms with E-state index < -0.39 is 0 Å². The zero-order valence-corrected chi connectivity index (χ0v) is 15.0. The summed E-state index contributed by atoms with van der Waals surface area (Å²) in [5, 5.41) is 0. The van der Waals surface area contributed by atoms with E-state index in [4.69, 9.17) is 0 Å². The van der Waals surface area contributed by atoms with Crippen molar-refractivity contribution in [1.29, 1.82) is 0 Å². The Balaban J connectivity index is 1.43. The van der Waals surface area contributed by atoms with Crippen LogP contribution in [0.2, 0.25) is 0 Å². The smallest absolute Gasteiger partial charge is 0.0233 e. The molecular formula is C20H33N3. The number of likely N-dealkylation sites (tertiary alicyclic amines) is 2. The van der Waals surface area contributed by atoms with Crippen LogP contribution in [-0.2, 0) is 6.54 Å². The van der Waals surface area contributed by atoms with Gasteiger partial charge >= 0.3 is 0 Å². The van der Waals surface area contributed by atoms with Crippen molar-refractivity contribution in [2.45, 2.75) is 25.8 Å². The van der Waals surface area contributed by atoms with Gasteiger partial charge in [0.15, 0.2) is 0 Å². The van der Waals surface area contributed by atoms with Gasteiger partial charge in [-0.25, -0.2) is 0 Å². The van der Waals surface area contributed by atoms with E-state index in [1.54, 1.807) is 0 Å². The molecule has 2 atom stereocenters. The van der Waals surface area contributed by atoms with Gasteiger partial charge in [0.05, 0.1) is 0 Å². The molecule has 1 aromatic carbocycles. The van der Waals surface area contributed by atoms with Crippen molar-refractivity contribution in [3.8, 4) is 0 Å². The maximum Gasteiger partial charge on any atom is 0.0233 e. The fourth-order valence-electron chi connectivity index (χ4n) is 4.42. The average Bonchev–Trinajstić information content (AvgIpc) is 2.93. The molecule has 2 fully saturated rings. The van der Waals surface area contributed by atoms with Crippen molar-refractivity contribution in [3.05, 3.63) is 35.9 Å². The molecule has 2 aliphatic heterocycles. The third-order valence-electron chi connectivity index (χ3n) is 5.48. The maximum absolute atomic E-state index is 2.65. The summed E-state index contributed by atoms with van der Waals surface area (Å²) >= 11 is 0. The van der Waals surface area contributed by atoms with E-state index in [9.17, 15) is 0 Å². The van der Waals surface area contributed by atoms with Crippen molar-refractivity contribution >= 4 is 0 Å². The number of piperidine rings is 1.